The van der Waals surface area contributed by atoms with Crippen LogP contribution in [0.3, 0.4) is 0 Å². The molecule has 1 N–H and O–H groups in total. The number of rotatable bonds is 5. The number of ketones is 1. The van der Waals surface area contributed by atoms with Gasteiger partial charge in [0.15, 0.2) is 0 Å². The number of Topliss-reactive ketones (excluding diaryl/α,β-unsaturated/α-hetero) is 1. The van der Waals surface area contributed by atoms with Crippen molar-refractivity contribution in [2.75, 3.05) is 36.0 Å². The van der Waals surface area contributed by atoms with Crippen molar-refractivity contribution >= 4 is 29.2 Å². The van der Waals surface area contributed by atoms with Crippen LogP contribution in [-0.4, -0.2) is 50.1 Å². The number of benzene rings is 2. The predicted octanol–water partition coefficient (Wildman–Crippen LogP) is 3.26. The minimum absolute atomic E-state index is 0.170. The number of anilines is 2. The van der Waals surface area contributed by atoms with Crippen molar-refractivity contribution in [3.8, 4) is 11.1 Å². The molecule has 168 valence electrons. The number of carbonyl (C=O) groups excluding carboxylic acids is 3. The van der Waals surface area contributed by atoms with Gasteiger partial charge >= 0.3 is 6.09 Å². The van der Waals surface area contributed by atoms with Crippen LogP contribution in [0.1, 0.15) is 19.8 Å². The maximum atomic E-state index is 14.9. The summed E-state index contributed by atoms with van der Waals surface area (Å²) in [5.41, 5.74) is 1.28. The molecule has 0 radical (unpaired) electrons. The molecule has 0 unspecified atom stereocenters. The molecular weight excluding hydrogens is 420 g/mol. The van der Waals surface area contributed by atoms with Gasteiger partial charge in [0.25, 0.3) is 0 Å². The van der Waals surface area contributed by atoms with Crippen molar-refractivity contribution in [1.29, 1.82) is 0 Å². The lowest BCUT2D eigenvalue weighted by molar-refractivity contribution is -0.120. The van der Waals surface area contributed by atoms with Gasteiger partial charge in [-0.2, -0.15) is 0 Å². The summed E-state index contributed by atoms with van der Waals surface area (Å²) < 4.78 is 34.8. The molecule has 0 bridgehead atoms. The number of nitrogens with zero attached hydrogens (tertiary/aromatic N) is 2. The van der Waals surface area contributed by atoms with E-state index in [2.05, 4.69) is 5.32 Å². The zero-order valence-corrected chi connectivity index (χ0v) is 17.6. The smallest absolute Gasteiger partial charge is 0.414 e. The van der Waals surface area contributed by atoms with Crippen LogP contribution >= 0.6 is 0 Å². The van der Waals surface area contributed by atoms with Crippen molar-refractivity contribution < 1.29 is 27.9 Å². The molecule has 2 aliphatic rings. The van der Waals surface area contributed by atoms with E-state index in [-0.39, 0.29) is 30.3 Å². The lowest BCUT2D eigenvalue weighted by atomic mass is 10.0. The third kappa shape index (κ3) is 4.56. The fraction of sp³-hybridized carbons (Fsp3) is 0.348. The molecule has 0 aromatic heterocycles. The van der Waals surface area contributed by atoms with Gasteiger partial charge in [0.1, 0.15) is 23.5 Å². The number of amides is 2. The molecule has 4 rings (SSSR count). The van der Waals surface area contributed by atoms with Crippen molar-refractivity contribution in [3.05, 3.63) is 48.0 Å². The van der Waals surface area contributed by atoms with E-state index in [1.807, 2.05) is 4.90 Å². The first kappa shape index (κ1) is 21.7. The molecule has 2 aromatic carbocycles. The maximum absolute atomic E-state index is 14.9. The minimum atomic E-state index is -0.622. The summed E-state index contributed by atoms with van der Waals surface area (Å²) in [7, 11) is 0. The molecule has 2 heterocycles. The van der Waals surface area contributed by atoms with Crippen molar-refractivity contribution in [2.24, 2.45) is 0 Å². The largest absolute Gasteiger partial charge is 0.442 e. The Kier molecular flexibility index (Phi) is 6.07. The summed E-state index contributed by atoms with van der Waals surface area (Å²) in [5.74, 6) is -1.15. The van der Waals surface area contributed by atoms with Gasteiger partial charge in [-0.05, 0) is 35.9 Å². The number of hydrogen-bond acceptors (Lipinski definition) is 5. The quantitative estimate of drug-likeness (QED) is 0.768. The second-order valence-corrected chi connectivity index (χ2v) is 7.91. The van der Waals surface area contributed by atoms with Gasteiger partial charge in [-0.3, -0.25) is 14.5 Å². The van der Waals surface area contributed by atoms with Crippen LogP contribution < -0.4 is 15.1 Å². The Labute approximate surface area is 183 Å². The van der Waals surface area contributed by atoms with Crippen LogP contribution in [0.15, 0.2) is 36.4 Å². The summed E-state index contributed by atoms with van der Waals surface area (Å²) in [4.78, 5) is 37.7. The van der Waals surface area contributed by atoms with E-state index in [0.717, 1.165) is 0 Å². The van der Waals surface area contributed by atoms with Gasteiger partial charge < -0.3 is 15.0 Å². The molecule has 0 saturated carbocycles. The first-order valence-electron chi connectivity index (χ1n) is 10.4. The SMILES string of the molecule is CC(=O)NC[C@H]1CN(c2ccc(-c3ccc(N4CCC(=O)CC4)c(F)c3)c(F)c2)C(=O)O1. The van der Waals surface area contributed by atoms with E-state index < -0.39 is 23.8 Å². The summed E-state index contributed by atoms with van der Waals surface area (Å²) in [6.45, 7) is 2.65. The van der Waals surface area contributed by atoms with E-state index in [1.54, 1.807) is 18.2 Å². The molecule has 9 heteroatoms. The van der Waals surface area contributed by atoms with Gasteiger partial charge in [-0.15, -0.1) is 0 Å². The molecule has 2 saturated heterocycles. The highest BCUT2D eigenvalue weighted by molar-refractivity contribution is 5.90. The van der Waals surface area contributed by atoms with Crippen LogP contribution in [0, 0.1) is 11.6 Å². The number of carbonyl (C=O) groups is 3. The topological polar surface area (TPSA) is 79.0 Å². The van der Waals surface area contributed by atoms with E-state index in [9.17, 15) is 23.2 Å². The highest BCUT2D eigenvalue weighted by Crippen LogP contribution is 2.32. The second kappa shape index (κ2) is 8.94. The Hall–Kier alpha value is -3.49. The third-order valence-corrected chi connectivity index (χ3v) is 5.64. The Morgan fingerprint density at radius 3 is 2.50 bits per heavy atom. The average molecular weight is 443 g/mol. The second-order valence-electron chi connectivity index (χ2n) is 7.91. The first-order valence-corrected chi connectivity index (χ1v) is 10.4. The van der Waals surface area contributed by atoms with Crippen LogP contribution in [0.25, 0.3) is 11.1 Å². The molecule has 32 heavy (non-hydrogen) atoms. The highest BCUT2D eigenvalue weighted by Gasteiger charge is 2.32. The molecular formula is C23H23F2N3O4. The third-order valence-electron chi connectivity index (χ3n) is 5.64. The molecule has 0 aliphatic carbocycles. The summed E-state index contributed by atoms with van der Waals surface area (Å²) in [5, 5.41) is 2.59. The molecule has 1 atom stereocenters. The Bertz CT molecular complexity index is 1070. The fourth-order valence-electron chi connectivity index (χ4n) is 3.93. The van der Waals surface area contributed by atoms with Gasteiger partial charge in [0, 0.05) is 38.4 Å². The van der Waals surface area contributed by atoms with Crippen molar-refractivity contribution in [1.82, 2.24) is 5.32 Å². The summed E-state index contributed by atoms with van der Waals surface area (Å²) in [6, 6.07) is 8.78. The maximum Gasteiger partial charge on any atom is 0.414 e. The lowest BCUT2D eigenvalue weighted by Crippen LogP contribution is -2.34. The van der Waals surface area contributed by atoms with Gasteiger partial charge in [-0.25, -0.2) is 13.6 Å². The minimum Gasteiger partial charge on any atom is -0.442 e. The van der Waals surface area contributed by atoms with Crippen LogP contribution in [0.4, 0.5) is 25.0 Å². The summed E-state index contributed by atoms with van der Waals surface area (Å²) in [6.07, 6.45) is -0.368. The molecule has 2 aliphatic heterocycles. The van der Waals surface area contributed by atoms with Gasteiger partial charge in [0.2, 0.25) is 5.91 Å². The average Bonchev–Trinajstić information content (AvgIpc) is 3.13. The van der Waals surface area contributed by atoms with E-state index in [1.165, 1.54) is 30.0 Å². The molecule has 0 spiro atoms. The zero-order chi connectivity index (χ0) is 22.8. The fourth-order valence-corrected chi connectivity index (χ4v) is 3.93. The van der Waals surface area contributed by atoms with E-state index >= 15 is 0 Å². The predicted molar refractivity (Wildman–Crippen MR) is 115 cm³/mol. The number of nitrogens with one attached hydrogen (secondary N) is 1. The number of ether oxygens (including phenoxy) is 1. The molecule has 2 fully saturated rings. The normalized spacial score (nSPS) is 18.7. The van der Waals surface area contributed by atoms with Crippen LogP contribution in [-0.2, 0) is 14.3 Å². The molecule has 2 aromatic rings. The molecule has 2 amide bonds. The van der Waals surface area contributed by atoms with Crippen LogP contribution in [0.5, 0.6) is 0 Å². The number of cyclic esters (lactones) is 1. The van der Waals surface area contributed by atoms with Crippen molar-refractivity contribution in [3.63, 3.8) is 0 Å². The monoisotopic (exact) mass is 443 g/mol. The standard InChI is InChI=1S/C23H23F2N3O4/c1-14(29)26-12-18-13-28(23(31)32-18)16-3-4-19(20(24)11-16)15-2-5-22(21(25)10-15)27-8-6-17(30)7-9-27/h2-5,10-11,18H,6-9,12-13H2,1H3,(H,26,29)/t18-/m0/s1. The molecule has 7 nitrogen and oxygen atoms in total. The number of hydrogen-bond donors (Lipinski definition) is 1. The van der Waals surface area contributed by atoms with E-state index in [4.69, 9.17) is 4.74 Å². The number of halogens is 2. The van der Waals surface area contributed by atoms with E-state index in [0.29, 0.717) is 42.9 Å². The first-order chi connectivity index (χ1) is 15.3. The van der Waals surface area contributed by atoms with Gasteiger partial charge in [-0.1, -0.05) is 6.07 Å². The Morgan fingerprint density at radius 2 is 1.84 bits per heavy atom. The zero-order valence-electron chi connectivity index (χ0n) is 17.6. The van der Waals surface area contributed by atoms with Crippen molar-refractivity contribution in [2.45, 2.75) is 25.9 Å². The number of piperidine rings is 1. The summed E-state index contributed by atoms with van der Waals surface area (Å²) >= 11 is 0. The Balaban J connectivity index is 1.50. The Morgan fingerprint density at radius 1 is 1.09 bits per heavy atom. The van der Waals surface area contributed by atoms with Crippen LogP contribution in [0.2, 0.25) is 0 Å². The highest BCUT2D eigenvalue weighted by atomic mass is 19.1. The van der Waals surface area contributed by atoms with Gasteiger partial charge in [0.05, 0.1) is 24.5 Å². The lowest BCUT2D eigenvalue weighted by Gasteiger charge is -2.28.